The zero-order valence-electron chi connectivity index (χ0n) is 13.0. The lowest BCUT2D eigenvalue weighted by atomic mass is 9.87. The smallest absolute Gasteiger partial charge is 0.101 e. The summed E-state index contributed by atoms with van der Waals surface area (Å²) in [5.41, 5.74) is 13.0. The Morgan fingerprint density at radius 3 is 2.00 bits per heavy atom. The second-order valence-corrected chi connectivity index (χ2v) is 5.36. The van der Waals surface area contributed by atoms with E-state index in [1.807, 2.05) is 13.0 Å². The highest BCUT2D eigenvalue weighted by Gasteiger charge is 2.18. The quantitative estimate of drug-likeness (QED) is 0.879. The molecule has 0 saturated carbocycles. The van der Waals surface area contributed by atoms with Crippen LogP contribution >= 0.6 is 0 Å². The second-order valence-electron chi connectivity index (χ2n) is 5.36. The van der Waals surface area contributed by atoms with Gasteiger partial charge in [0.15, 0.2) is 0 Å². The van der Waals surface area contributed by atoms with Gasteiger partial charge in [0.2, 0.25) is 0 Å². The Kier molecular flexibility index (Phi) is 4.66. The van der Waals surface area contributed by atoms with Crippen LogP contribution in [0.2, 0.25) is 0 Å². The van der Waals surface area contributed by atoms with Crippen molar-refractivity contribution in [3.63, 3.8) is 0 Å². The summed E-state index contributed by atoms with van der Waals surface area (Å²) in [6.45, 7) is 8.56. The summed E-state index contributed by atoms with van der Waals surface area (Å²) < 4.78 is 5.42. The molecule has 2 heteroatoms. The minimum absolute atomic E-state index is 0.0942. The molecule has 0 aliphatic heterocycles. The molecule has 0 amide bonds. The molecule has 1 heterocycles. The largest absolute Gasteiger partial charge is 0.469 e. The number of aryl methyl sites for hydroxylation is 4. The molecule has 0 spiro atoms. The number of nitrogens with two attached hydrogens (primary N) is 1. The number of hydrogen-bond donors (Lipinski definition) is 1. The fraction of sp³-hybridized carbons (Fsp3) is 0.444. The average molecular weight is 271 g/mol. The third-order valence-corrected chi connectivity index (χ3v) is 4.00. The Balaban J connectivity index is 2.53. The van der Waals surface area contributed by atoms with Crippen LogP contribution in [0.5, 0.6) is 0 Å². The van der Waals surface area contributed by atoms with Gasteiger partial charge in [0, 0.05) is 5.56 Å². The maximum atomic E-state index is 6.51. The molecule has 0 aliphatic carbocycles. The predicted octanol–water partition coefficient (Wildman–Crippen LogP) is 4.32. The average Bonchev–Trinajstić information content (AvgIpc) is 2.91. The van der Waals surface area contributed by atoms with E-state index in [-0.39, 0.29) is 6.04 Å². The lowest BCUT2D eigenvalue weighted by molar-refractivity contribution is 0.530. The normalized spacial score (nSPS) is 12.7. The molecule has 1 aromatic carbocycles. The molecule has 2 aromatic rings. The van der Waals surface area contributed by atoms with Crippen molar-refractivity contribution in [3.8, 4) is 0 Å². The van der Waals surface area contributed by atoms with Gasteiger partial charge >= 0.3 is 0 Å². The van der Waals surface area contributed by atoms with Crippen LogP contribution in [0.15, 0.2) is 28.9 Å². The molecule has 1 aromatic heterocycles. The molecule has 2 rings (SSSR count). The molecule has 0 radical (unpaired) electrons. The number of furan rings is 1. The molecule has 1 unspecified atom stereocenters. The maximum Gasteiger partial charge on any atom is 0.101 e. The van der Waals surface area contributed by atoms with Crippen LogP contribution < -0.4 is 5.73 Å². The summed E-state index contributed by atoms with van der Waals surface area (Å²) >= 11 is 0. The molecular weight excluding hydrogens is 246 g/mol. The van der Waals surface area contributed by atoms with Gasteiger partial charge in [0.1, 0.15) is 5.76 Å². The van der Waals surface area contributed by atoms with Gasteiger partial charge in [-0.2, -0.15) is 0 Å². The van der Waals surface area contributed by atoms with E-state index in [9.17, 15) is 0 Å². The summed E-state index contributed by atoms with van der Waals surface area (Å²) in [5.74, 6) is 0.914. The lowest BCUT2D eigenvalue weighted by Crippen LogP contribution is -2.16. The Hall–Kier alpha value is -1.54. The van der Waals surface area contributed by atoms with E-state index in [1.54, 1.807) is 6.26 Å². The molecule has 0 bridgehead atoms. The van der Waals surface area contributed by atoms with Crippen molar-refractivity contribution in [2.75, 3.05) is 0 Å². The minimum atomic E-state index is -0.0942. The molecule has 0 fully saturated rings. The van der Waals surface area contributed by atoms with Crippen LogP contribution in [0, 0.1) is 6.92 Å². The van der Waals surface area contributed by atoms with Gasteiger partial charge in [-0.3, -0.25) is 0 Å². The highest BCUT2D eigenvalue weighted by atomic mass is 16.3. The molecular formula is C18H25NO. The third-order valence-electron chi connectivity index (χ3n) is 4.00. The number of hydrogen-bond acceptors (Lipinski definition) is 2. The van der Waals surface area contributed by atoms with E-state index < -0.39 is 0 Å². The van der Waals surface area contributed by atoms with Crippen molar-refractivity contribution in [1.82, 2.24) is 0 Å². The zero-order chi connectivity index (χ0) is 14.7. The Labute approximate surface area is 122 Å². The van der Waals surface area contributed by atoms with Crippen LogP contribution in [-0.2, 0) is 19.3 Å². The topological polar surface area (TPSA) is 39.2 Å². The van der Waals surface area contributed by atoms with Crippen LogP contribution in [0.4, 0.5) is 0 Å². The van der Waals surface area contributed by atoms with E-state index in [4.69, 9.17) is 10.2 Å². The first-order valence-corrected chi connectivity index (χ1v) is 7.55. The molecule has 2 nitrogen and oxygen atoms in total. The highest BCUT2D eigenvalue weighted by molar-refractivity contribution is 5.45. The van der Waals surface area contributed by atoms with Gasteiger partial charge in [-0.25, -0.2) is 0 Å². The Bertz CT molecular complexity index is 558. The molecule has 0 aliphatic rings. The summed E-state index contributed by atoms with van der Waals surface area (Å²) in [7, 11) is 0. The zero-order valence-corrected chi connectivity index (χ0v) is 13.0. The fourth-order valence-electron chi connectivity index (χ4n) is 2.83. The van der Waals surface area contributed by atoms with Gasteiger partial charge in [-0.05, 0) is 54.5 Å². The van der Waals surface area contributed by atoms with E-state index in [2.05, 4.69) is 32.9 Å². The molecule has 0 saturated heterocycles. The molecule has 20 heavy (non-hydrogen) atoms. The van der Waals surface area contributed by atoms with Crippen molar-refractivity contribution < 1.29 is 4.42 Å². The highest BCUT2D eigenvalue weighted by Crippen LogP contribution is 2.30. The van der Waals surface area contributed by atoms with Gasteiger partial charge in [-0.1, -0.05) is 32.9 Å². The van der Waals surface area contributed by atoms with Crippen LogP contribution in [-0.4, -0.2) is 0 Å². The summed E-state index contributed by atoms with van der Waals surface area (Å²) in [4.78, 5) is 0. The molecule has 108 valence electrons. The lowest BCUT2D eigenvalue weighted by Gasteiger charge is -2.20. The number of benzene rings is 1. The standard InChI is InChI=1S/C18H25NO/c1-5-13-9-14(6-2)17(15(7-3)10-13)18(19)16-8-12(4)20-11-16/h8-11,18H,5-7,19H2,1-4H3. The minimum Gasteiger partial charge on any atom is -0.469 e. The first kappa shape index (κ1) is 14.9. The van der Waals surface area contributed by atoms with Crippen molar-refractivity contribution in [2.45, 2.75) is 53.0 Å². The van der Waals surface area contributed by atoms with Crippen LogP contribution in [0.3, 0.4) is 0 Å². The molecule has 1 atom stereocenters. The summed E-state index contributed by atoms with van der Waals surface area (Å²) in [5, 5.41) is 0. The van der Waals surface area contributed by atoms with Crippen molar-refractivity contribution in [1.29, 1.82) is 0 Å². The van der Waals surface area contributed by atoms with Crippen LogP contribution in [0.1, 0.15) is 60.4 Å². The van der Waals surface area contributed by atoms with E-state index in [1.165, 1.54) is 22.3 Å². The van der Waals surface area contributed by atoms with Gasteiger partial charge in [0.25, 0.3) is 0 Å². The third kappa shape index (κ3) is 2.80. The van der Waals surface area contributed by atoms with E-state index in [0.29, 0.717) is 0 Å². The van der Waals surface area contributed by atoms with Crippen molar-refractivity contribution >= 4 is 0 Å². The fourth-order valence-corrected chi connectivity index (χ4v) is 2.83. The Morgan fingerprint density at radius 1 is 1.00 bits per heavy atom. The molecule has 2 N–H and O–H groups in total. The first-order chi connectivity index (χ1) is 9.60. The maximum absolute atomic E-state index is 6.51. The second kappa shape index (κ2) is 6.27. The number of rotatable bonds is 5. The predicted molar refractivity (Wildman–Crippen MR) is 84.1 cm³/mol. The van der Waals surface area contributed by atoms with Gasteiger partial charge < -0.3 is 10.2 Å². The Morgan fingerprint density at radius 2 is 1.60 bits per heavy atom. The summed E-state index contributed by atoms with van der Waals surface area (Å²) in [6, 6.07) is 6.56. The van der Waals surface area contributed by atoms with E-state index >= 15 is 0 Å². The van der Waals surface area contributed by atoms with Crippen molar-refractivity contribution in [3.05, 3.63) is 58.0 Å². The van der Waals surface area contributed by atoms with Crippen LogP contribution in [0.25, 0.3) is 0 Å². The summed E-state index contributed by atoms with van der Waals surface area (Å²) in [6.07, 6.45) is 4.88. The van der Waals surface area contributed by atoms with Gasteiger partial charge in [0.05, 0.1) is 12.3 Å². The van der Waals surface area contributed by atoms with E-state index in [0.717, 1.165) is 30.6 Å². The monoisotopic (exact) mass is 271 g/mol. The first-order valence-electron chi connectivity index (χ1n) is 7.55. The SMILES string of the molecule is CCc1cc(CC)c(C(N)c2coc(C)c2)c(CC)c1. The van der Waals surface area contributed by atoms with Gasteiger partial charge in [-0.15, -0.1) is 0 Å². The van der Waals surface area contributed by atoms with Crippen molar-refractivity contribution in [2.24, 2.45) is 5.73 Å².